The predicted octanol–water partition coefficient (Wildman–Crippen LogP) is -1.21. The second-order valence-electron chi connectivity index (χ2n) is 1.58. The summed E-state index contributed by atoms with van der Waals surface area (Å²) in [5.41, 5.74) is 0. The number of carbonyl (C=O) groups excluding carboxylic acids is 1. The fourth-order valence-electron chi connectivity index (χ4n) is 0.254. The zero-order valence-electron chi connectivity index (χ0n) is 5.00. The SMILES string of the molecule is CN(N)C(=O)CC(=O)O. The molecule has 52 valence electrons. The van der Waals surface area contributed by atoms with E-state index < -0.39 is 18.3 Å². The van der Waals surface area contributed by atoms with Gasteiger partial charge in [-0.15, -0.1) is 0 Å². The Hall–Kier alpha value is -1.10. The van der Waals surface area contributed by atoms with E-state index in [2.05, 4.69) is 0 Å². The summed E-state index contributed by atoms with van der Waals surface area (Å²) < 4.78 is 0. The first-order chi connectivity index (χ1) is 4.04. The van der Waals surface area contributed by atoms with Gasteiger partial charge in [0.1, 0.15) is 6.42 Å². The molecule has 0 bridgehead atoms. The van der Waals surface area contributed by atoms with Gasteiger partial charge in [0.05, 0.1) is 0 Å². The van der Waals surface area contributed by atoms with Gasteiger partial charge in [-0.05, 0) is 0 Å². The normalized spacial score (nSPS) is 8.67. The van der Waals surface area contributed by atoms with Crippen molar-refractivity contribution in [1.29, 1.82) is 0 Å². The average molecular weight is 132 g/mol. The number of nitrogens with zero attached hydrogens (tertiary/aromatic N) is 1. The summed E-state index contributed by atoms with van der Waals surface area (Å²) in [6.45, 7) is 0. The molecule has 5 heteroatoms. The van der Waals surface area contributed by atoms with Gasteiger partial charge < -0.3 is 5.11 Å². The summed E-state index contributed by atoms with van der Waals surface area (Å²) in [5, 5.41) is 8.77. The minimum Gasteiger partial charge on any atom is -0.481 e. The quantitative estimate of drug-likeness (QED) is 0.214. The van der Waals surface area contributed by atoms with E-state index in [1.165, 1.54) is 7.05 Å². The van der Waals surface area contributed by atoms with Crippen LogP contribution >= 0.6 is 0 Å². The predicted molar refractivity (Wildman–Crippen MR) is 29.2 cm³/mol. The van der Waals surface area contributed by atoms with Crippen LogP contribution in [0.4, 0.5) is 0 Å². The standard InChI is InChI=1S/C4H8N2O3/c1-6(5)3(7)2-4(8)9/h2,5H2,1H3,(H,8,9). The summed E-state index contributed by atoms with van der Waals surface area (Å²) in [5.74, 6) is 3.13. The third-order valence-corrected chi connectivity index (χ3v) is 0.696. The van der Waals surface area contributed by atoms with E-state index in [-0.39, 0.29) is 0 Å². The molecule has 0 saturated carbocycles. The zero-order valence-corrected chi connectivity index (χ0v) is 5.00. The molecular formula is C4H8N2O3. The minimum atomic E-state index is -1.17. The lowest BCUT2D eigenvalue weighted by Crippen LogP contribution is -2.34. The molecule has 0 aliphatic carbocycles. The van der Waals surface area contributed by atoms with Gasteiger partial charge in [0.15, 0.2) is 0 Å². The Kier molecular flexibility index (Phi) is 2.66. The molecule has 3 N–H and O–H groups in total. The molecule has 0 atom stereocenters. The van der Waals surface area contributed by atoms with Crippen LogP contribution in [-0.2, 0) is 9.59 Å². The van der Waals surface area contributed by atoms with Crippen molar-refractivity contribution in [1.82, 2.24) is 5.01 Å². The van der Waals surface area contributed by atoms with Crippen molar-refractivity contribution in [3.8, 4) is 0 Å². The van der Waals surface area contributed by atoms with Crippen LogP contribution in [0.15, 0.2) is 0 Å². The summed E-state index contributed by atoms with van der Waals surface area (Å²) in [6, 6.07) is 0. The lowest BCUT2D eigenvalue weighted by molar-refractivity contribution is -0.143. The molecule has 0 heterocycles. The van der Waals surface area contributed by atoms with Crippen molar-refractivity contribution in [2.24, 2.45) is 5.84 Å². The number of nitrogens with two attached hydrogens (primary N) is 1. The van der Waals surface area contributed by atoms with Crippen molar-refractivity contribution >= 4 is 11.9 Å². The average Bonchev–Trinajstić information content (AvgIpc) is 1.63. The molecule has 0 aromatic carbocycles. The first-order valence-corrected chi connectivity index (χ1v) is 2.27. The van der Waals surface area contributed by atoms with E-state index >= 15 is 0 Å². The molecule has 0 aromatic rings. The largest absolute Gasteiger partial charge is 0.481 e. The van der Waals surface area contributed by atoms with E-state index in [1.54, 1.807) is 0 Å². The number of amides is 1. The topological polar surface area (TPSA) is 83.6 Å². The lowest BCUT2D eigenvalue weighted by atomic mass is 10.4. The fourth-order valence-corrected chi connectivity index (χ4v) is 0.254. The van der Waals surface area contributed by atoms with Crippen LogP contribution in [0.3, 0.4) is 0 Å². The van der Waals surface area contributed by atoms with E-state index in [4.69, 9.17) is 10.9 Å². The first kappa shape index (κ1) is 7.90. The van der Waals surface area contributed by atoms with Gasteiger partial charge in [-0.3, -0.25) is 14.6 Å². The molecule has 1 amide bonds. The van der Waals surface area contributed by atoms with E-state index in [1.807, 2.05) is 0 Å². The van der Waals surface area contributed by atoms with Gasteiger partial charge in [-0.2, -0.15) is 0 Å². The molecule has 0 rings (SSSR count). The number of carboxylic acid groups (broad SMARTS) is 1. The molecule has 0 aromatic heterocycles. The van der Waals surface area contributed by atoms with Crippen LogP contribution in [0.5, 0.6) is 0 Å². The second-order valence-corrected chi connectivity index (χ2v) is 1.58. The second kappa shape index (κ2) is 3.03. The van der Waals surface area contributed by atoms with Crippen molar-refractivity contribution in [3.05, 3.63) is 0 Å². The molecule has 0 radical (unpaired) electrons. The van der Waals surface area contributed by atoms with Crippen molar-refractivity contribution in [2.45, 2.75) is 6.42 Å². The van der Waals surface area contributed by atoms with Crippen molar-refractivity contribution in [2.75, 3.05) is 7.05 Å². The Morgan fingerprint density at radius 2 is 2.11 bits per heavy atom. The number of aliphatic carboxylic acids is 1. The summed E-state index contributed by atoms with van der Waals surface area (Å²) in [7, 11) is 1.30. The van der Waals surface area contributed by atoms with Gasteiger partial charge in [0.2, 0.25) is 5.91 Å². The van der Waals surface area contributed by atoms with E-state index in [9.17, 15) is 9.59 Å². The minimum absolute atomic E-state index is 0.549. The summed E-state index contributed by atoms with van der Waals surface area (Å²) in [4.78, 5) is 20.2. The van der Waals surface area contributed by atoms with Crippen molar-refractivity contribution in [3.63, 3.8) is 0 Å². The Bertz CT molecular complexity index is 132. The molecule has 0 aliphatic rings. The van der Waals surface area contributed by atoms with Gasteiger partial charge in [-0.25, -0.2) is 5.84 Å². The molecule has 0 unspecified atom stereocenters. The number of carboxylic acids is 1. The number of hydrazine groups is 1. The number of hydrogen-bond acceptors (Lipinski definition) is 3. The maximum absolute atomic E-state index is 10.4. The Balaban J connectivity index is 3.64. The smallest absolute Gasteiger partial charge is 0.312 e. The molecule has 9 heavy (non-hydrogen) atoms. The van der Waals surface area contributed by atoms with Crippen LogP contribution in [0.1, 0.15) is 6.42 Å². The Morgan fingerprint density at radius 1 is 1.67 bits per heavy atom. The third-order valence-electron chi connectivity index (χ3n) is 0.696. The highest BCUT2D eigenvalue weighted by molar-refractivity contribution is 5.92. The lowest BCUT2D eigenvalue weighted by Gasteiger charge is -2.05. The zero-order chi connectivity index (χ0) is 7.44. The van der Waals surface area contributed by atoms with E-state index in [0.717, 1.165) is 5.01 Å². The highest BCUT2D eigenvalue weighted by Crippen LogP contribution is 1.82. The van der Waals surface area contributed by atoms with Crippen LogP contribution in [0, 0.1) is 0 Å². The maximum atomic E-state index is 10.4. The van der Waals surface area contributed by atoms with Crippen LogP contribution in [0.2, 0.25) is 0 Å². The number of carbonyl (C=O) groups is 2. The van der Waals surface area contributed by atoms with Crippen LogP contribution in [-0.4, -0.2) is 29.0 Å². The Morgan fingerprint density at radius 3 is 2.22 bits per heavy atom. The fraction of sp³-hybridized carbons (Fsp3) is 0.500. The van der Waals surface area contributed by atoms with Gasteiger partial charge >= 0.3 is 5.97 Å². The molecule has 5 nitrogen and oxygen atoms in total. The molecular weight excluding hydrogens is 124 g/mol. The third kappa shape index (κ3) is 3.48. The number of hydrogen-bond donors (Lipinski definition) is 2. The molecule has 0 fully saturated rings. The van der Waals surface area contributed by atoms with E-state index in [0.29, 0.717) is 0 Å². The van der Waals surface area contributed by atoms with Gasteiger partial charge in [-0.1, -0.05) is 0 Å². The molecule has 0 saturated heterocycles. The summed E-state index contributed by atoms with van der Waals surface area (Å²) in [6.07, 6.45) is -0.549. The maximum Gasteiger partial charge on any atom is 0.312 e. The summed E-state index contributed by atoms with van der Waals surface area (Å²) >= 11 is 0. The highest BCUT2D eigenvalue weighted by Gasteiger charge is 2.08. The van der Waals surface area contributed by atoms with Gasteiger partial charge in [0, 0.05) is 7.05 Å². The molecule has 0 aliphatic heterocycles. The van der Waals surface area contributed by atoms with Crippen LogP contribution in [0.25, 0.3) is 0 Å². The highest BCUT2D eigenvalue weighted by atomic mass is 16.4. The van der Waals surface area contributed by atoms with Gasteiger partial charge in [0.25, 0.3) is 0 Å². The monoisotopic (exact) mass is 132 g/mol. The Labute approximate surface area is 52.0 Å². The van der Waals surface area contributed by atoms with Crippen LogP contribution < -0.4 is 5.84 Å². The first-order valence-electron chi connectivity index (χ1n) is 2.27. The molecule has 0 spiro atoms. The van der Waals surface area contributed by atoms with Crippen molar-refractivity contribution < 1.29 is 14.7 Å². The number of rotatable bonds is 2.